The van der Waals surface area contributed by atoms with Crippen molar-refractivity contribution in [3.8, 4) is 0 Å². The van der Waals surface area contributed by atoms with Gasteiger partial charge in [0, 0.05) is 0 Å². The van der Waals surface area contributed by atoms with Crippen molar-refractivity contribution in [1.82, 2.24) is 0 Å². The van der Waals surface area contributed by atoms with Crippen LogP contribution in [0, 0.1) is 0 Å². The Hall–Kier alpha value is -0.990. The molecule has 1 unspecified atom stereocenters. The number of ether oxygens (including phenoxy) is 2. The Morgan fingerprint density at radius 2 is 1.14 bits per heavy atom. The van der Waals surface area contributed by atoms with Gasteiger partial charge in [-0.1, -0.05) is 0 Å². The van der Waals surface area contributed by atoms with Crippen molar-refractivity contribution in [3.63, 3.8) is 0 Å². The van der Waals surface area contributed by atoms with Gasteiger partial charge in [-0.2, -0.15) is 52.7 Å². The van der Waals surface area contributed by atoms with E-state index in [9.17, 15) is 57.1 Å². The van der Waals surface area contributed by atoms with Gasteiger partial charge in [0.05, 0.1) is 0 Å². The van der Waals surface area contributed by atoms with Crippen LogP contribution < -0.4 is 0 Å². The zero-order valence-electron chi connectivity index (χ0n) is 9.51. The smallest absolute Gasteiger partial charge is 0.307 e. The van der Waals surface area contributed by atoms with Crippen LogP contribution in [0.1, 0.15) is 0 Å². The van der Waals surface area contributed by atoms with E-state index in [1.807, 2.05) is 4.74 Å². The first-order valence-electron chi connectivity index (χ1n) is 4.56. The molecule has 0 heterocycles. The lowest BCUT2D eigenvalue weighted by Gasteiger charge is -2.30. The number of hydrogen-bond acceptors (Lipinski definition) is 2. The Bertz CT molecular complexity index is 370. The Balaban J connectivity index is 5.06. The molecule has 0 spiro atoms. The predicted octanol–water partition coefficient (Wildman–Crippen LogP) is 4.26. The summed E-state index contributed by atoms with van der Waals surface area (Å²) in [5.41, 5.74) is 0. The zero-order chi connectivity index (χ0) is 18.2. The van der Waals surface area contributed by atoms with E-state index in [1.54, 1.807) is 0 Å². The topological polar surface area (TPSA) is 18.5 Å². The summed E-state index contributed by atoms with van der Waals surface area (Å²) in [6, 6.07) is 0. The van der Waals surface area contributed by atoms with Crippen LogP contribution in [0.2, 0.25) is 0 Å². The molecule has 0 N–H and O–H groups in total. The Kier molecular flexibility index (Phi) is 5.63. The first kappa shape index (κ1) is 21.0. The molecule has 0 radical (unpaired) electrons. The molecular weight excluding hydrogens is 363 g/mol. The lowest BCUT2D eigenvalue weighted by molar-refractivity contribution is -0.467. The highest BCUT2D eigenvalue weighted by Crippen LogP contribution is 2.48. The molecule has 1 atom stereocenters. The van der Waals surface area contributed by atoms with E-state index in [0.717, 1.165) is 0 Å². The second-order valence-corrected chi connectivity index (χ2v) is 3.49. The van der Waals surface area contributed by atoms with Crippen molar-refractivity contribution in [2.24, 2.45) is 0 Å². The molecule has 15 heteroatoms. The maximum atomic E-state index is 12.5. The van der Waals surface area contributed by atoms with Crippen LogP contribution in [0.3, 0.4) is 0 Å². The van der Waals surface area contributed by atoms with Crippen molar-refractivity contribution in [2.45, 2.75) is 36.9 Å². The summed E-state index contributed by atoms with van der Waals surface area (Å²) in [4.78, 5) is 0. The van der Waals surface area contributed by atoms with Gasteiger partial charge < -0.3 is 4.74 Å². The highest BCUT2D eigenvalue weighted by atomic mass is 19.4. The fourth-order valence-corrected chi connectivity index (χ4v) is 0.681. The molecule has 0 fully saturated rings. The summed E-state index contributed by atoms with van der Waals surface area (Å²) < 4.78 is 160. The molecule has 0 aliphatic heterocycles. The van der Waals surface area contributed by atoms with Crippen LogP contribution >= 0.6 is 0 Å². The van der Waals surface area contributed by atoms with Crippen LogP contribution in [0.5, 0.6) is 0 Å². The molecule has 0 bridgehead atoms. The number of hydrogen-bond donors (Lipinski definition) is 0. The first-order chi connectivity index (χ1) is 9.33. The van der Waals surface area contributed by atoms with E-state index in [-0.39, 0.29) is 0 Å². The summed E-state index contributed by atoms with van der Waals surface area (Å²) in [6.07, 6.45) is -30.3. The maximum Gasteiger partial charge on any atom is 0.462 e. The third kappa shape index (κ3) is 5.03. The minimum Gasteiger partial charge on any atom is -0.307 e. The van der Waals surface area contributed by atoms with Gasteiger partial charge in [0.25, 0.3) is 6.36 Å². The first-order valence-corrected chi connectivity index (χ1v) is 4.56. The fraction of sp³-hybridized carbons (Fsp3) is 1.00. The van der Waals surface area contributed by atoms with Crippen molar-refractivity contribution < 1.29 is 66.5 Å². The highest BCUT2D eigenvalue weighted by Gasteiger charge is 2.76. The minimum atomic E-state index is -7.09. The molecule has 0 aromatic carbocycles. The Morgan fingerprint density at radius 1 is 0.727 bits per heavy atom. The molecule has 0 aliphatic carbocycles. The molecule has 22 heavy (non-hydrogen) atoms. The van der Waals surface area contributed by atoms with E-state index < -0.39 is 43.5 Å². The summed E-state index contributed by atoms with van der Waals surface area (Å²) >= 11 is 0. The van der Waals surface area contributed by atoms with Gasteiger partial charge in [0.15, 0.2) is 0 Å². The average molecular weight is 366 g/mol. The second-order valence-electron chi connectivity index (χ2n) is 3.49. The van der Waals surface area contributed by atoms with E-state index in [0.29, 0.717) is 0 Å². The summed E-state index contributed by atoms with van der Waals surface area (Å²) in [6.45, 7) is -2.91. The Labute approximate surface area is 111 Å². The monoisotopic (exact) mass is 366 g/mol. The van der Waals surface area contributed by atoms with Crippen LogP contribution in [0.25, 0.3) is 0 Å². The largest absolute Gasteiger partial charge is 0.462 e. The van der Waals surface area contributed by atoms with Crippen molar-refractivity contribution in [3.05, 3.63) is 0 Å². The number of alkyl halides is 13. The van der Waals surface area contributed by atoms with Gasteiger partial charge >= 0.3 is 30.5 Å². The molecule has 0 amide bonds. The normalized spacial score (nSPS) is 16.8. The van der Waals surface area contributed by atoms with Crippen LogP contribution in [0.4, 0.5) is 57.1 Å². The van der Waals surface area contributed by atoms with E-state index in [4.69, 9.17) is 0 Å². The fourth-order valence-electron chi connectivity index (χ4n) is 0.681. The van der Waals surface area contributed by atoms with Gasteiger partial charge in [-0.3, -0.25) is 4.74 Å². The maximum absolute atomic E-state index is 12.5. The molecule has 134 valence electrons. The second kappa shape index (κ2) is 5.90. The van der Waals surface area contributed by atoms with Gasteiger partial charge in [0.1, 0.15) is 6.61 Å². The molecule has 0 aromatic heterocycles. The molecule has 0 rings (SSSR count). The summed E-state index contributed by atoms with van der Waals surface area (Å²) in [7, 11) is 0. The Morgan fingerprint density at radius 3 is 1.45 bits per heavy atom. The molecular formula is C7H3F13O2. The molecule has 0 aromatic rings. The van der Waals surface area contributed by atoms with E-state index in [1.165, 1.54) is 0 Å². The van der Waals surface area contributed by atoms with Crippen LogP contribution in [0.15, 0.2) is 0 Å². The van der Waals surface area contributed by atoms with E-state index in [2.05, 4.69) is 4.74 Å². The van der Waals surface area contributed by atoms with Crippen molar-refractivity contribution >= 4 is 0 Å². The molecule has 0 aliphatic rings. The minimum absolute atomic E-state index is 1.95. The SMILES string of the molecule is FC(OC(F)(F)C(F)(F)C(F)(F)F)C(F)(F)OCC(F)(F)F. The summed E-state index contributed by atoms with van der Waals surface area (Å²) in [5.74, 6) is -7.09. The predicted molar refractivity (Wildman–Crippen MR) is 38.9 cm³/mol. The van der Waals surface area contributed by atoms with Gasteiger partial charge in [-0.15, -0.1) is 0 Å². The third-order valence-electron chi connectivity index (χ3n) is 1.67. The standard InChI is InChI=1S/C7H3F13O2/c8-2(4(12,13)21-1-3(9,10)11)22-7(19,20)5(14,15)6(16,17)18/h2H,1H2. The van der Waals surface area contributed by atoms with E-state index >= 15 is 0 Å². The van der Waals surface area contributed by atoms with Gasteiger partial charge in [-0.05, 0) is 0 Å². The zero-order valence-corrected chi connectivity index (χ0v) is 9.51. The quantitative estimate of drug-likeness (QED) is 0.654. The molecule has 0 saturated carbocycles. The van der Waals surface area contributed by atoms with Crippen molar-refractivity contribution in [2.75, 3.05) is 6.61 Å². The lowest BCUT2D eigenvalue weighted by Crippen LogP contribution is -2.56. The third-order valence-corrected chi connectivity index (χ3v) is 1.67. The molecule has 2 nitrogen and oxygen atoms in total. The van der Waals surface area contributed by atoms with Crippen LogP contribution in [-0.2, 0) is 9.47 Å². The van der Waals surface area contributed by atoms with Crippen molar-refractivity contribution in [1.29, 1.82) is 0 Å². The number of rotatable bonds is 6. The molecule has 0 saturated heterocycles. The number of halogens is 13. The highest BCUT2D eigenvalue weighted by molar-refractivity contribution is 4.85. The van der Waals surface area contributed by atoms with Gasteiger partial charge in [0.2, 0.25) is 0 Å². The average Bonchev–Trinajstić information content (AvgIpc) is 2.23. The van der Waals surface area contributed by atoms with Crippen LogP contribution in [-0.4, -0.2) is 43.5 Å². The van der Waals surface area contributed by atoms with Gasteiger partial charge in [-0.25, -0.2) is 4.39 Å². The summed E-state index contributed by atoms with van der Waals surface area (Å²) in [5, 5.41) is 0. The lowest BCUT2D eigenvalue weighted by atomic mass is 10.3.